The Hall–Kier alpha value is -2.54. The molecular formula is C26H30ClN3O3. The van der Waals surface area contributed by atoms with Crippen LogP contribution in [0.5, 0.6) is 11.5 Å². The summed E-state index contributed by atoms with van der Waals surface area (Å²) in [6, 6.07) is 14.2. The summed E-state index contributed by atoms with van der Waals surface area (Å²) in [7, 11) is 0. The molecule has 0 radical (unpaired) electrons. The zero-order valence-electron chi connectivity index (χ0n) is 19.0. The van der Waals surface area contributed by atoms with E-state index in [1.165, 1.54) is 5.56 Å². The summed E-state index contributed by atoms with van der Waals surface area (Å²) in [5.41, 5.74) is 3.17. The van der Waals surface area contributed by atoms with Crippen LogP contribution in [0.3, 0.4) is 0 Å². The van der Waals surface area contributed by atoms with Gasteiger partial charge in [-0.15, -0.1) is 0 Å². The first kappa shape index (κ1) is 22.3. The Morgan fingerprint density at radius 2 is 1.79 bits per heavy atom. The Morgan fingerprint density at radius 3 is 2.61 bits per heavy atom. The second kappa shape index (κ2) is 9.75. The van der Waals surface area contributed by atoms with Gasteiger partial charge in [0.25, 0.3) is 5.56 Å². The predicted molar refractivity (Wildman–Crippen MR) is 132 cm³/mol. The number of ether oxygens (including phenoxy) is 2. The monoisotopic (exact) mass is 467 g/mol. The van der Waals surface area contributed by atoms with Crippen LogP contribution in [0.1, 0.15) is 24.0 Å². The number of nitrogens with zero attached hydrogens (tertiary/aromatic N) is 2. The van der Waals surface area contributed by atoms with Gasteiger partial charge in [-0.2, -0.15) is 0 Å². The minimum atomic E-state index is 0.0400. The standard InChI is InChI=1S/C26H30ClN3O3/c1-18-14-26(31)30(23-16-20(27)3-4-22(18)23)11-10-29-8-6-21(7-9-29)28-17-19-2-5-24-25(15-19)33-13-12-32-24/h2-5,14-16,21,28H,6-13,17H2,1H3. The number of piperidine rings is 1. The van der Waals surface area contributed by atoms with Crippen LogP contribution < -0.4 is 20.3 Å². The van der Waals surface area contributed by atoms with Crippen LogP contribution in [-0.4, -0.2) is 48.4 Å². The summed E-state index contributed by atoms with van der Waals surface area (Å²) in [4.78, 5) is 15.1. The minimum absolute atomic E-state index is 0.0400. The fraction of sp³-hybridized carbons (Fsp3) is 0.423. The van der Waals surface area contributed by atoms with Crippen molar-refractivity contribution in [3.05, 3.63) is 69.0 Å². The highest BCUT2D eigenvalue weighted by Gasteiger charge is 2.20. The van der Waals surface area contributed by atoms with Gasteiger partial charge in [0.15, 0.2) is 11.5 Å². The number of hydrogen-bond acceptors (Lipinski definition) is 5. The van der Waals surface area contributed by atoms with Crippen molar-refractivity contribution in [1.29, 1.82) is 0 Å². The molecule has 2 aliphatic heterocycles. The van der Waals surface area contributed by atoms with Crippen molar-refractivity contribution in [2.24, 2.45) is 0 Å². The Labute approximate surface area is 199 Å². The van der Waals surface area contributed by atoms with E-state index >= 15 is 0 Å². The largest absolute Gasteiger partial charge is 0.486 e. The Bertz CT molecular complexity index is 1200. The van der Waals surface area contributed by atoms with Gasteiger partial charge in [-0.1, -0.05) is 23.7 Å². The molecule has 5 rings (SSSR count). The van der Waals surface area contributed by atoms with Gasteiger partial charge in [0.05, 0.1) is 5.52 Å². The van der Waals surface area contributed by atoms with E-state index in [1.54, 1.807) is 6.07 Å². The number of hydrogen-bond donors (Lipinski definition) is 1. The molecule has 3 heterocycles. The second-order valence-electron chi connectivity index (χ2n) is 8.95. The lowest BCUT2D eigenvalue weighted by atomic mass is 10.0. The molecule has 2 aromatic carbocycles. The van der Waals surface area contributed by atoms with E-state index in [1.807, 2.05) is 35.8 Å². The molecule has 1 saturated heterocycles. The third kappa shape index (κ3) is 5.03. The van der Waals surface area contributed by atoms with Gasteiger partial charge < -0.3 is 24.3 Å². The molecule has 0 amide bonds. The third-order valence-electron chi connectivity index (χ3n) is 6.71. The lowest BCUT2D eigenvalue weighted by Crippen LogP contribution is -2.43. The average Bonchev–Trinajstić information content (AvgIpc) is 2.83. The highest BCUT2D eigenvalue weighted by molar-refractivity contribution is 6.31. The maximum absolute atomic E-state index is 12.7. The van der Waals surface area contributed by atoms with Crippen LogP contribution >= 0.6 is 11.6 Å². The minimum Gasteiger partial charge on any atom is -0.486 e. The lowest BCUT2D eigenvalue weighted by molar-refractivity contribution is 0.171. The van der Waals surface area contributed by atoms with Gasteiger partial charge in [0, 0.05) is 42.2 Å². The zero-order valence-corrected chi connectivity index (χ0v) is 19.7. The summed E-state index contributed by atoms with van der Waals surface area (Å²) in [5.74, 6) is 1.68. The van der Waals surface area contributed by atoms with E-state index in [0.29, 0.717) is 30.8 Å². The molecule has 3 aromatic rings. The Balaban J connectivity index is 1.14. The number of aryl methyl sites for hydroxylation is 1. The fourth-order valence-electron chi connectivity index (χ4n) is 4.81. The topological polar surface area (TPSA) is 55.7 Å². The molecule has 6 nitrogen and oxygen atoms in total. The highest BCUT2D eigenvalue weighted by atomic mass is 35.5. The Kier molecular flexibility index (Phi) is 6.58. The van der Waals surface area contributed by atoms with Crippen LogP contribution in [0, 0.1) is 6.92 Å². The molecule has 0 saturated carbocycles. The maximum Gasteiger partial charge on any atom is 0.251 e. The van der Waals surface area contributed by atoms with E-state index < -0.39 is 0 Å². The van der Waals surface area contributed by atoms with Crippen molar-refractivity contribution in [2.45, 2.75) is 38.9 Å². The Morgan fingerprint density at radius 1 is 1.00 bits per heavy atom. The van der Waals surface area contributed by atoms with E-state index in [-0.39, 0.29) is 5.56 Å². The molecule has 0 aliphatic carbocycles. The molecule has 174 valence electrons. The summed E-state index contributed by atoms with van der Waals surface area (Å²) < 4.78 is 13.2. The molecule has 0 bridgehead atoms. The van der Waals surface area contributed by atoms with Crippen molar-refractivity contribution >= 4 is 22.5 Å². The molecule has 1 aromatic heterocycles. The number of benzene rings is 2. The number of nitrogens with one attached hydrogen (secondary N) is 1. The van der Waals surface area contributed by atoms with Crippen molar-refractivity contribution in [3.8, 4) is 11.5 Å². The van der Waals surface area contributed by atoms with Crippen molar-refractivity contribution < 1.29 is 9.47 Å². The van der Waals surface area contributed by atoms with Crippen LogP contribution in [0.2, 0.25) is 5.02 Å². The molecule has 1 fully saturated rings. The number of pyridine rings is 1. The molecule has 0 atom stereocenters. The van der Waals surface area contributed by atoms with Crippen molar-refractivity contribution in [2.75, 3.05) is 32.8 Å². The fourth-order valence-corrected chi connectivity index (χ4v) is 4.98. The molecule has 1 N–H and O–H groups in total. The molecular weight excluding hydrogens is 438 g/mol. The number of likely N-dealkylation sites (tertiary alicyclic amines) is 1. The number of fused-ring (bicyclic) bond motifs is 2. The van der Waals surface area contributed by atoms with Crippen LogP contribution in [0.25, 0.3) is 10.9 Å². The second-order valence-corrected chi connectivity index (χ2v) is 9.39. The van der Waals surface area contributed by atoms with Crippen molar-refractivity contribution in [1.82, 2.24) is 14.8 Å². The normalized spacial score (nSPS) is 16.9. The SMILES string of the molecule is Cc1cc(=O)n(CCN2CCC(NCc3ccc4c(c3)OCCO4)CC2)c2cc(Cl)ccc12. The summed E-state index contributed by atoms with van der Waals surface area (Å²) in [6.45, 7) is 7.62. The van der Waals surface area contributed by atoms with Crippen molar-refractivity contribution in [3.63, 3.8) is 0 Å². The smallest absolute Gasteiger partial charge is 0.251 e. The number of rotatable bonds is 6. The number of halogens is 1. The summed E-state index contributed by atoms with van der Waals surface area (Å²) >= 11 is 6.22. The van der Waals surface area contributed by atoms with Crippen LogP contribution in [0.15, 0.2) is 47.3 Å². The number of aromatic nitrogens is 1. The molecule has 2 aliphatic rings. The average molecular weight is 468 g/mol. The first-order valence-electron chi connectivity index (χ1n) is 11.7. The first-order chi connectivity index (χ1) is 16.1. The maximum atomic E-state index is 12.7. The predicted octanol–water partition coefficient (Wildman–Crippen LogP) is 3.99. The van der Waals surface area contributed by atoms with Crippen LogP contribution in [-0.2, 0) is 13.1 Å². The van der Waals surface area contributed by atoms with Gasteiger partial charge in [-0.3, -0.25) is 4.79 Å². The van der Waals surface area contributed by atoms with Gasteiger partial charge in [0.2, 0.25) is 0 Å². The molecule has 0 unspecified atom stereocenters. The third-order valence-corrected chi connectivity index (χ3v) is 6.95. The zero-order chi connectivity index (χ0) is 22.8. The van der Waals surface area contributed by atoms with Gasteiger partial charge >= 0.3 is 0 Å². The van der Waals surface area contributed by atoms with Crippen LogP contribution in [0.4, 0.5) is 0 Å². The van der Waals surface area contributed by atoms with E-state index in [4.69, 9.17) is 21.1 Å². The van der Waals surface area contributed by atoms with Gasteiger partial charge in [0.1, 0.15) is 13.2 Å². The van der Waals surface area contributed by atoms with Gasteiger partial charge in [-0.05, 0) is 68.2 Å². The quantitative estimate of drug-likeness (QED) is 0.594. The molecule has 7 heteroatoms. The van der Waals surface area contributed by atoms with E-state index in [0.717, 1.165) is 67.0 Å². The van der Waals surface area contributed by atoms with E-state index in [2.05, 4.69) is 22.3 Å². The molecule has 0 spiro atoms. The first-order valence-corrected chi connectivity index (χ1v) is 12.1. The highest BCUT2D eigenvalue weighted by Crippen LogP contribution is 2.30. The lowest BCUT2D eigenvalue weighted by Gasteiger charge is -2.32. The summed E-state index contributed by atoms with van der Waals surface area (Å²) in [6.07, 6.45) is 2.19. The summed E-state index contributed by atoms with van der Waals surface area (Å²) in [5, 5.41) is 5.43. The van der Waals surface area contributed by atoms with Gasteiger partial charge in [-0.25, -0.2) is 0 Å². The van der Waals surface area contributed by atoms with E-state index in [9.17, 15) is 4.79 Å². The molecule has 33 heavy (non-hydrogen) atoms.